The maximum absolute atomic E-state index is 5.69. The fourth-order valence-corrected chi connectivity index (χ4v) is 2.04. The summed E-state index contributed by atoms with van der Waals surface area (Å²) in [6.45, 7) is 0.818. The van der Waals surface area contributed by atoms with E-state index in [0.717, 1.165) is 35.7 Å². The van der Waals surface area contributed by atoms with Gasteiger partial charge in [-0.3, -0.25) is 5.43 Å². The number of hydrogen-bond acceptors (Lipinski definition) is 5. The van der Waals surface area contributed by atoms with Gasteiger partial charge in [0.2, 0.25) is 0 Å². The van der Waals surface area contributed by atoms with Crippen LogP contribution in [0, 0.1) is 0 Å². The lowest BCUT2D eigenvalue weighted by Gasteiger charge is -2.19. The van der Waals surface area contributed by atoms with Crippen molar-refractivity contribution in [3.63, 3.8) is 0 Å². The number of nitrogen functional groups attached to an aromatic ring is 1. The van der Waals surface area contributed by atoms with E-state index in [2.05, 4.69) is 20.8 Å². The van der Waals surface area contributed by atoms with Crippen molar-refractivity contribution in [2.24, 2.45) is 5.10 Å². The third kappa shape index (κ3) is 2.49. The second kappa shape index (κ2) is 4.97. The van der Waals surface area contributed by atoms with Crippen LogP contribution in [0.2, 0.25) is 0 Å². The van der Waals surface area contributed by atoms with Crippen LogP contribution in [0.25, 0.3) is 0 Å². The molecule has 0 unspecified atom stereocenters. The van der Waals surface area contributed by atoms with E-state index in [1.54, 1.807) is 6.07 Å². The van der Waals surface area contributed by atoms with Crippen molar-refractivity contribution in [2.75, 3.05) is 23.0 Å². The number of para-hydroxylation sites is 1. The van der Waals surface area contributed by atoms with Crippen molar-refractivity contribution >= 4 is 23.0 Å². The molecule has 0 spiro atoms. The largest absolute Gasteiger partial charge is 0.384 e. The van der Waals surface area contributed by atoms with E-state index in [0.29, 0.717) is 5.82 Å². The molecule has 1 aliphatic rings. The quantitative estimate of drug-likeness (QED) is 0.718. The Kier molecular flexibility index (Phi) is 3.02. The van der Waals surface area contributed by atoms with Gasteiger partial charge in [-0.05, 0) is 24.3 Å². The van der Waals surface area contributed by atoms with E-state index < -0.39 is 0 Å². The van der Waals surface area contributed by atoms with E-state index in [4.69, 9.17) is 5.73 Å². The van der Waals surface area contributed by atoms with Crippen molar-refractivity contribution in [3.05, 3.63) is 48.0 Å². The van der Waals surface area contributed by atoms with Crippen LogP contribution in [0.3, 0.4) is 0 Å². The topological polar surface area (TPSA) is 75.3 Å². The number of anilines is 3. The summed E-state index contributed by atoms with van der Waals surface area (Å²) in [7, 11) is 0. The Labute approximate surface area is 111 Å². The molecule has 0 radical (unpaired) electrons. The van der Waals surface area contributed by atoms with Crippen LogP contribution >= 0.6 is 0 Å². The number of fused-ring (bicyclic) bond motifs is 1. The first-order valence-corrected chi connectivity index (χ1v) is 6.21. The highest BCUT2D eigenvalue weighted by Crippen LogP contribution is 2.21. The van der Waals surface area contributed by atoms with Crippen molar-refractivity contribution in [2.45, 2.75) is 6.42 Å². The van der Waals surface area contributed by atoms with Gasteiger partial charge in [0.25, 0.3) is 0 Å². The molecule has 1 aromatic heterocycles. The summed E-state index contributed by atoms with van der Waals surface area (Å²) in [6, 6.07) is 13.6. The predicted octanol–water partition coefficient (Wildman–Crippen LogP) is 2.30. The number of nitrogens with one attached hydrogen (secondary N) is 2. The number of pyridine rings is 1. The minimum Gasteiger partial charge on any atom is -0.384 e. The van der Waals surface area contributed by atoms with E-state index in [1.807, 2.05) is 36.4 Å². The van der Waals surface area contributed by atoms with Crippen LogP contribution in [-0.4, -0.2) is 17.2 Å². The Balaban J connectivity index is 1.87. The minimum absolute atomic E-state index is 0.517. The molecular formula is C14H15N5. The molecule has 0 fully saturated rings. The van der Waals surface area contributed by atoms with E-state index in [1.165, 1.54) is 0 Å². The van der Waals surface area contributed by atoms with E-state index in [9.17, 15) is 0 Å². The Morgan fingerprint density at radius 3 is 2.84 bits per heavy atom. The number of nitrogens with two attached hydrogens (primary N) is 1. The molecule has 0 amide bonds. The lowest BCUT2D eigenvalue weighted by atomic mass is 10.1. The summed E-state index contributed by atoms with van der Waals surface area (Å²) in [5.41, 5.74) is 11.7. The zero-order valence-corrected chi connectivity index (χ0v) is 10.4. The Bertz CT molecular complexity index is 606. The van der Waals surface area contributed by atoms with Gasteiger partial charge in [-0.1, -0.05) is 18.2 Å². The second-order valence-corrected chi connectivity index (χ2v) is 4.35. The number of nitrogens with zero attached hydrogens (tertiary/aromatic N) is 2. The first-order chi connectivity index (χ1) is 9.33. The monoisotopic (exact) mass is 253 g/mol. The first-order valence-electron chi connectivity index (χ1n) is 6.21. The van der Waals surface area contributed by atoms with Gasteiger partial charge in [-0.15, -0.1) is 0 Å². The van der Waals surface area contributed by atoms with Crippen LogP contribution in [0.1, 0.15) is 12.0 Å². The summed E-state index contributed by atoms with van der Waals surface area (Å²) in [6.07, 6.45) is 0.860. The maximum atomic E-state index is 5.69. The third-order valence-corrected chi connectivity index (χ3v) is 2.98. The average molecular weight is 253 g/mol. The predicted molar refractivity (Wildman–Crippen MR) is 78.4 cm³/mol. The molecule has 3 rings (SSSR count). The van der Waals surface area contributed by atoms with Crippen LogP contribution < -0.4 is 16.5 Å². The lowest BCUT2D eigenvalue weighted by Crippen LogP contribution is -2.21. The van der Waals surface area contributed by atoms with Crippen LogP contribution in [0.4, 0.5) is 17.3 Å². The highest BCUT2D eigenvalue weighted by atomic mass is 15.3. The van der Waals surface area contributed by atoms with Gasteiger partial charge in [0, 0.05) is 18.5 Å². The first kappa shape index (κ1) is 11.5. The molecule has 0 aliphatic carbocycles. The molecule has 5 nitrogen and oxygen atoms in total. The zero-order valence-electron chi connectivity index (χ0n) is 10.4. The fraction of sp³-hybridized carbons (Fsp3) is 0.143. The summed E-state index contributed by atoms with van der Waals surface area (Å²) in [5, 5.41) is 7.70. The van der Waals surface area contributed by atoms with Gasteiger partial charge in [0.15, 0.2) is 0 Å². The van der Waals surface area contributed by atoms with Gasteiger partial charge >= 0.3 is 0 Å². The van der Waals surface area contributed by atoms with Crippen molar-refractivity contribution in [1.29, 1.82) is 0 Å². The van der Waals surface area contributed by atoms with Gasteiger partial charge in [-0.2, -0.15) is 5.10 Å². The average Bonchev–Trinajstić information content (AvgIpc) is 2.45. The van der Waals surface area contributed by atoms with Crippen molar-refractivity contribution < 1.29 is 0 Å². The molecule has 0 bridgehead atoms. The molecule has 2 heterocycles. The molecule has 19 heavy (non-hydrogen) atoms. The number of rotatable bonds is 2. The fourth-order valence-electron chi connectivity index (χ4n) is 2.04. The zero-order chi connectivity index (χ0) is 13.1. The van der Waals surface area contributed by atoms with E-state index >= 15 is 0 Å². The molecule has 0 atom stereocenters. The highest BCUT2D eigenvalue weighted by Gasteiger charge is 2.16. The smallest absolute Gasteiger partial charge is 0.137 e. The summed E-state index contributed by atoms with van der Waals surface area (Å²) < 4.78 is 0. The summed E-state index contributed by atoms with van der Waals surface area (Å²) in [5.74, 6) is 1.32. The Hall–Kier alpha value is -2.56. The minimum atomic E-state index is 0.517. The molecule has 0 saturated heterocycles. The molecule has 5 heteroatoms. The van der Waals surface area contributed by atoms with Gasteiger partial charge < -0.3 is 11.1 Å². The molecular weight excluding hydrogens is 238 g/mol. The van der Waals surface area contributed by atoms with Crippen molar-refractivity contribution in [1.82, 2.24) is 4.98 Å². The Morgan fingerprint density at radius 2 is 2.00 bits per heavy atom. The molecule has 4 N–H and O–H groups in total. The summed E-state index contributed by atoms with van der Waals surface area (Å²) in [4.78, 5) is 4.28. The number of aromatic nitrogens is 1. The molecule has 1 aliphatic heterocycles. The molecule has 1 aromatic carbocycles. The second-order valence-electron chi connectivity index (χ2n) is 4.35. The van der Waals surface area contributed by atoms with Gasteiger partial charge in [0.05, 0.1) is 11.4 Å². The lowest BCUT2D eigenvalue weighted by molar-refractivity contribution is 1.04. The normalized spacial score (nSPS) is 15.7. The van der Waals surface area contributed by atoms with E-state index in [-0.39, 0.29) is 0 Å². The number of benzene rings is 1. The molecule has 96 valence electrons. The van der Waals surface area contributed by atoms with Gasteiger partial charge in [-0.25, -0.2) is 4.98 Å². The number of hydrazone groups is 1. The number of hydrogen-bond donors (Lipinski definition) is 3. The van der Waals surface area contributed by atoms with Crippen LogP contribution in [-0.2, 0) is 0 Å². The standard InChI is InChI=1S/C14H15N5/c15-13-7-6-11-12(8-9-16-14(11)17-13)19-18-10-4-2-1-3-5-10/h1-7,18H,8-9H2,(H3,15,16,17)/b19-12+. The molecule has 2 aromatic rings. The van der Waals surface area contributed by atoms with Crippen molar-refractivity contribution in [3.8, 4) is 0 Å². The SMILES string of the molecule is Nc1ccc2c(n1)NCC/C2=N\Nc1ccccc1. The van der Waals surface area contributed by atoms with Crippen LogP contribution in [0.15, 0.2) is 47.6 Å². The Morgan fingerprint density at radius 1 is 1.16 bits per heavy atom. The molecule has 0 saturated carbocycles. The maximum Gasteiger partial charge on any atom is 0.137 e. The van der Waals surface area contributed by atoms with Gasteiger partial charge in [0.1, 0.15) is 11.6 Å². The highest BCUT2D eigenvalue weighted by molar-refractivity contribution is 6.06. The third-order valence-electron chi connectivity index (χ3n) is 2.98. The van der Waals surface area contributed by atoms with Crippen LogP contribution in [0.5, 0.6) is 0 Å². The summed E-state index contributed by atoms with van der Waals surface area (Å²) >= 11 is 0.